The molecule has 0 saturated carbocycles. The first-order chi connectivity index (χ1) is 6.74. The Labute approximate surface area is 90.2 Å². The van der Waals surface area contributed by atoms with Gasteiger partial charge in [0.2, 0.25) is 0 Å². The van der Waals surface area contributed by atoms with Crippen LogP contribution in [0.4, 0.5) is 0 Å². The Morgan fingerprint density at radius 2 is 1.71 bits per heavy atom. The van der Waals surface area contributed by atoms with Gasteiger partial charge < -0.3 is 15.2 Å². The summed E-state index contributed by atoms with van der Waals surface area (Å²) in [7, 11) is -0.339. The zero-order valence-electron chi connectivity index (χ0n) is 9.84. The van der Waals surface area contributed by atoms with Gasteiger partial charge in [-0.25, -0.2) is 0 Å². The molecule has 0 rings (SSSR count). The molecule has 0 atom stereocenters. The number of ether oxygens (including phenoxy) is 2. The van der Waals surface area contributed by atoms with E-state index in [1.165, 1.54) is 6.04 Å². The molecule has 14 heavy (non-hydrogen) atoms. The largest absolute Gasteiger partial charge is 0.355 e. The van der Waals surface area contributed by atoms with E-state index < -0.39 is 0 Å². The van der Waals surface area contributed by atoms with Crippen LogP contribution < -0.4 is 5.73 Å². The van der Waals surface area contributed by atoms with E-state index in [4.69, 9.17) is 15.2 Å². The lowest BCUT2D eigenvalue weighted by atomic mass is 10.4. The smallest absolute Gasteiger partial charge is 0.144 e. The van der Waals surface area contributed by atoms with Gasteiger partial charge in [-0.3, -0.25) is 0 Å². The third kappa shape index (κ3) is 5.10. The normalized spacial score (nSPS) is 12.9. The molecule has 0 heterocycles. The van der Waals surface area contributed by atoms with Crippen molar-refractivity contribution >= 4 is 9.52 Å². The molecule has 4 heteroatoms. The van der Waals surface area contributed by atoms with Gasteiger partial charge in [-0.1, -0.05) is 13.0 Å². The van der Waals surface area contributed by atoms with Crippen LogP contribution in [0.1, 0.15) is 33.6 Å². The number of nitrogens with two attached hydrogens (primary N) is 1. The van der Waals surface area contributed by atoms with E-state index in [0.29, 0.717) is 0 Å². The fourth-order valence-electron chi connectivity index (χ4n) is 1.63. The summed E-state index contributed by atoms with van der Waals surface area (Å²) in [6.07, 6.45) is 2.07. The highest BCUT2D eigenvalue weighted by Crippen LogP contribution is 2.18. The van der Waals surface area contributed by atoms with Gasteiger partial charge in [0.25, 0.3) is 0 Å². The minimum Gasteiger partial charge on any atom is -0.355 e. The third-order valence-corrected chi connectivity index (χ3v) is 4.89. The van der Waals surface area contributed by atoms with Crippen LogP contribution in [0.15, 0.2) is 0 Å². The molecule has 0 spiro atoms. The first-order valence-corrected chi connectivity index (χ1v) is 7.43. The molecule has 0 aromatic rings. The van der Waals surface area contributed by atoms with E-state index in [2.05, 4.69) is 6.92 Å². The predicted octanol–water partition coefficient (Wildman–Crippen LogP) is 1.06. The summed E-state index contributed by atoms with van der Waals surface area (Å²) in [5, 5.41) is 0. The quantitative estimate of drug-likeness (QED) is 0.358. The highest BCUT2D eigenvalue weighted by Gasteiger charge is 2.28. The van der Waals surface area contributed by atoms with Crippen LogP contribution in [0.2, 0.25) is 6.04 Å². The van der Waals surface area contributed by atoms with Crippen molar-refractivity contribution in [2.45, 2.75) is 45.1 Å². The van der Waals surface area contributed by atoms with Crippen LogP contribution in [0.25, 0.3) is 0 Å². The second-order valence-electron chi connectivity index (χ2n) is 3.38. The average Bonchev–Trinajstić information content (AvgIpc) is 2.19. The fraction of sp³-hybridized carbons (Fsp3) is 1.00. The summed E-state index contributed by atoms with van der Waals surface area (Å²) < 4.78 is 11.5. The van der Waals surface area contributed by atoms with Crippen LogP contribution in [0, 0.1) is 0 Å². The molecule has 0 saturated heterocycles. The van der Waals surface area contributed by atoms with Crippen molar-refractivity contribution in [2.75, 3.05) is 19.8 Å². The molecular weight excluding hydrogens is 194 g/mol. The average molecular weight is 219 g/mol. The number of rotatable bonds is 9. The van der Waals surface area contributed by atoms with Gasteiger partial charge in [0, 0.05) is 13.2 Å². The van der Waals surface area contributed by atoms with Crippen LogP contribution in [0.5, 0.6) is 0 Å². The van der Waals surface area contributed by atoms with Crippen LogP contribution >= 0.6 is 0 Å². The second-order valence-corrected chi connectivity index (χ2v) is 5.66. The predicted molar refractivity (Wildman–Crippen MR) is 63.3 cm³/mol. The van der Waals surface area contributed by atoms with E-state index >= 15 is 0 Å². The monoisotopic (exact) mass is 219 g/mol. The van der Waals surface area contributed by atoms with Crippen molar-refractivity contribution < 1.29 is 9.47 Å². The first kappa shape index (κ1) is 14.1. The van der Waals surface area contributed by atoms with E-state index in [1.807, 2.05) is 13.8 Å². The molecule has 0 fully saturated rings. The van der Waals surface area contributed by atoms with Gasteiger partial charge in [-0.15, -0.1) is 0 Å². The minimum atomic E-state index is -0.339. The number of hydrogen-bond donors (Lipinski definition) is 1. The van der Waals surface area contributed by atoms with E-state index in [0.717, 1.165) is 32.6 Å². The van der Waals surface area contributed by atoms with Gasteiger partial charge in [0.05, 0.1) is 9.52 Å². The van der Waals surface area contributed by atoms with Crippen LogP contribution in [0.3, 0.4) is 0 Å². The molecule has 3 nitrogen and oxygen atoms in total. The lowest BCUT2D eigenvalue weighted by Crippen LogP contribution is -2.42. The third-order valence-electron chi connectivity index (χ3n) is 2.37. The Balaban J connectivity index is 4.03. The Bertz CT molecular complexity index is 127. The zero-order chi connectivity index (χ0) is 10.9. The molecular formula is C10H25NO2Si. The molecule has 0 bridgehead atoms. The molecule has 2 N–H and O–H groups in total. The lowest BCUT2D eigenvalue weighted by Gasteiger charge is -2.32. The Morgan fingerprint density at radius 1 is 1.14 bits per heavy atom. The van der Waals surface area contributed by atoms with Crippen molar-refractivity contribution in [3.63, 3.8) is 0 Å². The molecule has 0 unspecified atom stereocenters. The van der Waals surface area contributed by atoms with E-state index in [-0.39, 0.29) is 14.9 Å². The van der Waals surface area contributed by atoms with Gasteiger partial charge in [0.15, 0.2) is 0 Å². The minimum absolute atomic E-state index is 0.224. The Kier molecular flexibility index (Phi) is 8.47. The van der Waals surface area contributed by atoms with Gasteiger partial charge >= 0.3 is 0 Å². The summed E-state index contributed by atoms with van der Waals surface area (Å²) in [6.45, 7) is 8.46. The standard InChI is InChI=1S/C10H25NO2Si/c1-4-10(12-5-2,13-6-3)14-9-7-8-11/h4-9,11,14H2,1-3H3. The van der Waals surface area contributed by atoms with E-state index in [9.17, 15) is 0 Å². The maximum atomic E-state index is 5.76. The van der Waals surface area contributed by atoms with Gasteiger partial charge in [0.1, 0.15) is 5.41 Å². The maximum Gasteiger partial charge on any atom is 0.144 e. The molecule has 0 aliphatic rings. The molecule has 0 radical (unpaired) electrons. The van der Waals surface area contributed by atoms with E-state index in [1.54, 1.807) is 0 Å². The highest BCUT2D eigenvalue weighted by molar-refractivity contribution is 6.38. The van der Waals surface area contributed by atoms with Crippen molar-refractivity contribution in [2.24, 2.45) is 5.73 Å². The lowest BCUT2D eigenvalue weighted by molar-refractivity contribution is -0.177. The molecule has 0 aliphatic heterocycles. The second kappa shape index (κ2) is 8.41. The van der Waals surface area contributed by atoms with Crippen molar-refractivity contribution in [3.8, 4) is 0 Å². The summed E-state index contributed by atoms with van der Waals surface area (Å²) >= 11 is 0. The first-order valence-electron chi connectivity index (χ1n) is 5.72. The Morgan fingerprint density at radius 3 is 2.07 bits per heavy atom. The zero-order valence-corrected chi connectivity index (χ0v) is 11.3. The summed E-state index contributed by atoms with van der Waals surface area (Å²) in [5.41, 5.74) is 5.26. The highest BCUT2D eigenvalue weighted by atomic mass is 28.2. The molecule has 0 aromatic heterocycles. The van der Waals surface area contributed by atoms with Crippen LogP contribution in [-0.2, 0) is 9.47 Å². The molecule has 86 valence electrons. The summed E-state index contributed by atoms with van der Waals surface area (Å²) in [6, 6.07) is 1.21. The maximum absolute atomic E-state index is 5.76. The van der Waals surface area contributed by atoms with Crippen LogP contribution in [-0.4, -0.2) is 34.7 Å². The SMILES string of the molecule is CCOC(CC)(OCC)[SiH2]CCCN. The van der Waals surface area contributed by atoms with Gasteiger partial charge in [-0.2, -0.15) is 0 Å². The summed E-state index contributed by atoms with van der Waals surface area (Å²) in [5.74, 6) is 0. The Hall–Kier alpha value is 0.0969. The summed E-state index contributed by atoms with van der Waals surface area (Å²) in [4.78, 5) is 0. The molecule has 0 amide bonds. The van der Waals surface area contributed by atoms with Crippen molar-refractivity contribution in [3.05, 3.63) is 0 Å². The van der Waals surface area contributed by atoms with Crippen molar-refractivity contribution in [1.82, 2.24) is 0 Å². The topological polar surface area (TPSA) is 44.5 Å². The number of hydrogen-bond acceptors (Lipinski definition) is 3. The van der Waals surface area contributed by atoms with Crippen molar-refractivity contribution in [1.29, 1.82) is 0 Å². The van der Waals surface area contributed by atoms with Gasteiger partial charge in [-0.05, 0) is 33.2 Å². The fourth-order valence-corrected chi connectivity index (χ4v) is 3.76. The molecule has 0 aliphatic carbocycles. The molecule has 0 aromatic carbocycles.